The summed E-state index contributed by atoms with van der Waals surface area (Å²) in [6, 6.07) is 8.67. The van der Waals surface area contributed by atoms with Crippen LogP contribution < -0.4 is 4.18 Å². The van der Waals surface area contributed by atoms with Crippen LogP contribution in [0.5, 0.6) is 5.75 Å². The minimum absolute atomic E-state index is 0.0113. The summed E-state index contributed by atoms with van der Waals surface area (Å²) in [5.74, 6) is -0.152. The van der Waals surface area contributed by atoms with Crippen molar-refractivity contribution in [3.63, 3.8) is 0 Å². The van der Waals surface area contributed by atoms with Gasteiger partial charge in [-0.25, -0.2) is 0 Å². The van der Waals surface area contributed by atoms with Crippen LogP contribution in [-0.4, -0.2) is 8.42 Å². The maximum atomic E-state index is 12.1. The fourth-order valence-corrected chi connectivity index (χ4v) is 3.58. The molecule has 0 aliphatic rings. The van der Waals surface area contributed by atoms with Gasteiger partial charge < -0.3 is 4.18 Å². The second kappa shape index (κ2) is 6.12. The lowest BCUT2D eigenvalue weighted by Crippen LogP contribution is -2.10. The molecule has 0 aliphatic carbocycles. The molecule has 106 valence electrons. The van der Waals surface area contributed by atoms with E-state index in [-0.39, 0.29) is 25.7 Å². The Balaban J connectivity index is 2.41. The molecular weight excluding hydrogens is 410 g/mol. The van der Waals surface area contributed by atoms with Crippen molar-refractivity contribution in [2.24, 2.45) is 0 Å². The Morgan fingerprint density at radius 2 is 1.45 bits per heavy atom. The molecule has 20 heavy (non-hydrogen) atoms. The number of rotatable bonds is 3. The van der Waals surface area contributed by atoms with E-state index >= 15 is 0 Å². The fourth-order valence-electron chi connectivity index (χ4n) is 1.37. The monoisotopic (exact) mass is 414 g/mol. The minimum atomic E-state index is -4.02. The molecule has 0 N–H and O–H groups in total. The maximum absolute atomic E-state index is 12.1. The Kier molecular flexibility index (Phi) is 4.87. The number of benzene rings is 2. The second-order valence-corrected chi connectivity index (χ2v) is 7.40. The Morgan fingerprint density at radius 3 is 1.95 bits per heavy atom. The maximum Gasteiger partial charge on any atom is 0.339 e. The number of hydrogen-bond donors (Lipinski definition) is 0. The van der Waals surface area contributed by atoms with E-state index in [1.807, 2.05) is 0 Å². The van der Waals surface area contributed by atoms with Gasteiger partial charge in [0.1, 0.15) is 4.90 Å². The Labute approximate surface area is 139 Å². The highest BCUT2D eigenvalue weighted by Gasteiger charge is 2.20. The molecule has 0 heterocycles. The first-order chi connectivity index (χ1) is 9.29. The van der Waals surface area contributed by atoms with Gasteiger partial charge in [-0.1, -0.05) is 50.7 Å². The summed E-state index contributed by atoms with van der Waals surface area (Å²) < 4.78 is 30.0. The fraction of sp³-hybridized carbons (Fsp3) is 0. The van der Waals surface area contributed by atoms with Crippen LogP contribution in [-0.2, 0) is 10.1 Å². The molecule has 0 unspecified atom stereocenters. The van der Waals surface area contributed by atoms with Crippen molar-refractivity contribution in [1.82, 2.24) is 0 Å². The van der Waals surface area contributed by atoms with Crippen LogP contribution >= 0.6 is 50.7 Å². The van der Waals surface area contributed by atoms with Gasteiger partial charge in [0.25, 0.3) is 0 Å². The predicted molar refractivity (Wildman–Crippen MR) is 83.4 cm³/mol. The summed E-state index contributed by atoms with van der Waals surface area (Å²) in [5, 5.41) is 0.319. The molecule has 2 rings (SSSR count). The zero-order valence-corrected chi connectivity index (χ0v) is 14.3. The smallest absolute Gasteiger partial charge is 0.339 e. The molecule has 0 aromatic heterocycles. The van der Waals surface area contributed by atoms with Gasteiger partial charge in [-0.05, 0) is 36.4 Å². The van der Waals surface area contributed by atoms with Crippen molar-refractivity contribution in [3.05, 3.63) is 55.9 Å². The summed E-state index contributed by atoms with van der Waals surface area (Å²) in [6.07, 6.45) is 0. The Morgan fingerprint density at radius 1 is 0.950 bits per heavy atom. The van der Waals surface area contributed by atoms with Crippen LogP contribution in [0.1, 0.15) is 0 Å². The van der Waals surface area contributed by atoms with Crippen molar-refractivity contribution in [3.8, 4) is 5.75 Å². The normalized spacial score (nSPS) is 11.4. The molecule has 8 heteroatoms. The number of hydrogen-bond acceptors (Lipinski definition) is 3. The standard InChI is InChI=1S/C12H6BrCl3O3S/c13-7-1-3-9(4-2-7)20(17,18)19-12-10(15)5-8(14)6-11(12)16/h1-6H. The molecule has 2 aromatic carbocycles. The van der Waals surface area contributed by atoms with Crippen molar-refractivity contribution in [1.29, 1.82) is 0 Å². The van der Waals surface area contributed by atoms with E-state index in [0.717, 1.165) is 4.47 Å². The first kappa shape index (κ1) is 15.9. The summed E-state index contributed by atoms with van der Waals surface area (Å²) in [6.45, 7) is 0. The van der Waals surface area contributed by atoms with E-state index in [0.29, 0.717) is 0 Å². The van der Waals surface area contributed by atoms with E-state index in [2.05, 4.69) is 15.9 Å². The van der Waals surface area contributed by atoms with Crippen molar-refractivity contribution in [2.45, 2.75) is 4.90 Å². The molecule has 0 fully saturated rings. The topological polar surface area (TPSA) is 43.4 Å². The first-order valence-electron chi connectivity index (χ1n) is 5.14. The Bertz CT molecular complexity index is 722. The molecule has 3 nitrogen and oxygen atoms in total. The van der Waals surface area contributed by atoms with Crippen molar-refractivity contribution >= 4 is 60.9 Å². The van der Waals surface area contributed by atoms with Crippen LogP contribution in [0.4, 0.5) is 0 Å². The Hall–Kier alpha value is -0.460. The van der Waals surface area contributed by atoms with Crippen LogP contribution in [0.15, 0.2) is 45.8 Å². The van der Waals surface area contributed by atoms with E-state index in [9.17, 15) is 8.42 Å². The summed E-state index contributed by atoms with van der Waals surface area (Å²) in [4.78, 5) is -0.0113. The SMILES string of the molecule is O=S(=O)(Oc1c(Cl)cc(Cl)cc1Cl)c1ccc(Br)cc1. The van der Waals surface area contributed by atoms with Crippen molar-refractivity contribution < 1.29 is 12.6 Å². The molecule has 0 radical (unpaired) electrons. The summed E-state index contributed by atoms with van der Waals surface area (Å²) in [7, 11) is -4.02. The summed E-state index contributed by atoms with van der Waals surface area (Å²) >= 11 is 20.7. The third kappa shape index (κ3) is 3.59. The lowest BCUT2D eigenvalue weighted by atomic mass is 10.3. The molecular formula is C12H6BrCl3O3S. The van der Waals surface area contributed by atoms with Gasteiger partial charge in [-0.15, -0.1) is 0 Å². The van der Waals surface area contributed by atoms with Crippen LogP contribution in [0.25, 0.3) is 0 Å². The van der Waals surface area contributed by atoms with E-state index in [1.165, 1.54) is 24.3 Å². The minimum Gasteiger partial charge on any atom is -0.376 e. The van der Waals surface area contributed by atoms with Crippen LogP contribution in [0, 0.1) is 0 Å². The number of halogens is 4. The van der Waals surface area contributed by atoms with Gasteiger partial charge in [0.05, 0.1) is 10.0 Å². The van der Waals surface area contributed by atoms with Gasteiger partial charge in [-0.3, -0.25) is 0 Å². The first-order valence-corrected chi connectivity index (χ1v) is 8.48. The zero-order chi connectivity index (χ0) is 14.9. The largest absolute Gasteiger partial charge is 0.376 e. The quantitative estimate of drug-likeness (QED) is 0.648. The van der Waals surface area contributed by atoms with Gasteiger partial charge in [-0.2, -0.15) is 8.42 Å². The molecule has 0 bridgehead atoms. The lowest BCUT2D eigenvalue weighted by molar-refractivity contribution is 0.486. The second-order valence-electron chi connectivity index (χ2n) is 3.69. The average Bonchev–Trinajstić information content (AvgIpc) is 2.34. The van der Waals surface area contributed by atoms with Gasteiger partial charge >= 0.3 is 10.1 Å². The molecule has 2 aromatic rings. The zero-order valence-electron chi connectivity index (χ0n) is 9.61. The third-order valence-electron chi connectivity index (χ3n) is 2.26. The van der Waals surface area contributed by atoms with E-state index < -0.39 is 10.1 Å². The van der Waals surface area contributed by atoms with Gasteiger partial charge in [0.15, 0.2) is 5.75 Å². The van der Waals surface area contributed by atoms with Crippen LogP contribution in [0.3, 0.4) is 0 Å². The lowest BCUT2D eigenvalue weighted by Gasteiger charge is -2.10. The van der Waals surface area contributed by atoms with E-state index in [4.69, 9.17) is 39.0 Å². The van der Waals surface area contributed by atoms with Crippen LogP contribution in [0.2, 0.25) is 15.1 Å². The predicted octanol–water partition coefficient (Wildman–Crippen LogP) is 5.18. The molecule has 0 spiro atoms. The molecule has 0 atom stereocenters. The molecule has 0 amide bonds. The highest BCUT2D eigenvalue weighted by molar-refractivity contribution is 9.10. The highest BCUT2D eigenvalue weighted by atomic mass is 79.9. The van der Waals surface area contributed by atoms with Crippen molar-refractivity contribution in [2.75, 3.05) is 0 Å². The summed E-state index contributed by atoms with van der Waals surface area (Å²) in [5.41, 5.74) is 0. The highest BCUT2D eigenvalue weighted by Crippen LogP contribution is 2.37. The van der Waals surface area contributed by atoms with Gasteiger partial charge in [0, 0.05) is 9.50 Å². The van der Waals surface area contributed by atoms with E-state index in [1.54, 1.807) is 12.1 Å². The third-order valence-corrected chi connectivity index (χ3v) is 4.80. The molecule has 0 aliphatic heterocycles. The molecule has 0 saturated carbocycles. The molecule has 0 saturated heterocycles. The average molecular weight is 417 g/mol. The van der Waals surface area contributed by atoms with Gasteiger partial charge in [0.2, 0.25) is 0 Å².